The predicted molar refractivity (Wildman–Crippen MR) is 111 cm³/mol. The van der Waals surface area contributed by atoms with Gasteiger partial charge in [0, 0.05) is 28.8 Å². The van der Waals surface area contributed by atoms with E-state index in [2.05, 4.69) is 10.3 Å². The number of anilines is 1. The van der Waals surface area contributed by atoms with E-state index < -0.39 is 4.92 Å². The minimum atomic E-state index is -0.491. The van der Waals surface area contributed by atoms with Crippen LogP contribution in [0.3, 0.4) is 0 Å². The number of benzene rings is 3. The van der Waals surface area contributed by atoms with Crippen molar-refractivity contribution < 1.29 is 14.5 Å². The number of nitrogens with zero attached hydrogens (tertiary/aromatic N) is 2. The number of carbonyl (C=O) groups excluding carboxylic acids is 2. The summed E-state index contributed by atoms with van der Waals surface area (Å²) in [7, 11) is 0. The number of amides is 1. The minimum absolute atomic E-state index is 0.0562. The number of nitro groups is 1. The van der Waals surface area contributed by atoms with Crippen LogP contribution in [0.2, 0.25) is 0 Å². The molecular formula is C21H13N3O4S. The number of hydrogen-bond donors (Lipinski definition) is 1. The summed E-state index contributed by atoms with van der Waals surface area (Å²) in [4.78, 5) is 39.5. The third kappa shape index (κ3) is 3.87. The lowest BCUT2D eigenvalue weighted by atomic mass is 10.0. The quantitative estimate of drug-likeness (QED) is 0.296. The molecule has 0 unspecified atom stereocenters. The zero-order chi connectivity index (χ0) is 20.4. The van der Waals surface area contributed by atoms with E-state index in [1.165, 1.54) is 23.5 Å². The number of aromatic nitrogens is 1. The van der Waals surface area contributed by atoms with Crippen molar-refractivity contribution in [1.82, 2.24) is 4.98 Å². The van der Waals surface area contributed by atoms with E-state index >= 15 is 0 Å². The van der Waals surface area contributed by atoms with Crippen LogP contribution in [0, 0.1) is 10.1 Å². The molecule has 4 rings (SSSR count). The second kappa shape index (κ2) is 7.61. The van der Waals surface area contributed by atoms with Gasteiger partial charge in [-0.15, -0.1) is 0 Å². The van der Waals surface area contributed by atoms with E-state index in [9.17, 15) is 19.7 Å². The molecule has 0 spiro atoms. The van der Waals surface area contributed by atoms with Crippen molar-refractivity contribution in [2.45, 2.75) is 0 Å². The maximum atomic E-state index is 12.5. The molecule has 1 amide bonds. The molecule has 0 radical (unpaired) electrons. The Hall–Kier alpha value is -3.91. The summed E-state index contributed by atoms with van der Waals surface area (Å²) >= 11 is 1.23. The fourth-order valence-electron chi connectivity index (χ4n) is 2.78. The summed E-state index contributed by atoms with van der Waals surface area (Å²) in [6, 6.07) is 19.6. The van der Waals surface area contributed by atoms with E-state index in [-0.39, 0.29) is 17.4 Å². The largest absolute Gasteiger partial charge is 0.298 e. The summed E-state index contributed by atoms with van der Waals surface area (Å²) in [5.41, 5.74) is 1.83. The Kier molecular flexibility index (Phi) is 4.84. The van der Waals surface area contributed by atoms with Crippen molar-refractivity contribution in [3.63, 3.8) is 0 Å². The molecule has 0 aliphatic rings. The Morgan fingerprint density at radius 2 is 1.55 bits per heavy atom. The third-order valence-electron chi connectivity index (χ3n) is 4.25. The van der Waals surface area contributed by atoms with Crippen LogP contribution in [0.1, 0.15) is 26.3 Å². The van der Waals surface area contributed by atoms with Crippen molar-refractivity contribution >= 4 is 44.1 Å². The Morgan fingerprint density at radius 3 is 2.24 bits per heavy atom. The second-order valence-corrected chi connectivity index (χ2v) is 7.19. The number of carbonyl (C=O) groups is 2. The number of non-ortho nitro benzene ring substituents is 1. The Labute approximate surface area is 168 Å². The van der Waals surface area contributed by atoms with Crippen LogP contribution in [-0.4, -0.2) is 21.6 Å². The highest BCUT2D eigenvalue weighted by molar-refractivity contribution is 7.22. The van der Waals surface area contributed by atoms with E-state index in [1.807, 2.05) is 6.07 Å². The number of hydrogen-bond acceptors (Lipinski definition) is 6. The van der Waals surface area contributed by atoms with Gasteiger partial charge < -0.3 is 0 Å². The lowest BCUT2D eigenvalue weighted by molar-refractivity contribution is -0.384. The van der Waals surface area contributed by atoms with Crippen LogP contribution in [-0.2, 0) is 0 Å². The molecule has 0 aliphatic carbocycles. The molecule has 3 aromatic carbocycles. The zero-order valence-electron chi connectivity index (χ0n) is 14.9. The molecule has 1 N–H and O–H groups in total. The molecule has 7 nitrogen and oxygen atoms in total. The summed E-state index contributed by atoms with van der Waals surface area (Å²) in [5.74, 6) is -0.498. The first kappa shape index (κ1) is 18.5. The van der Waals surface area contributed by atoms with E-state index in [0.717, 1.165) is 4.70 Å². The van der Waals surface area contributed by atoms with Crippen LogP contribution in [0.5, 0.6) is 0 Å². The lowest BCUT2D eigenvalue weighted by Gasteiger charge is -2.04. The van der Waals surface area contributed by atoms with Gasteiger partial charge in [0.25, 0.3) is 11.6 Å². The van der Waals surface area contributed by atoms with Gasteiger partial charge in [0.1, 0.15) is 0 Å². The lowest BCUT2D eigenvalue weighted by Crippen LogP contribution is -2.12. The van der Waals surface area contributed by atoms with Gasteiger partial charge in [-0.2, -0.15) is 0 Å². The predicted octanol–water partition coefficient (Wildman–Crippen LogP) is 4.69. The molecule has 0 bridgehead atoms. The fourth-order valence-corrected chi connectivity index (χ4v) is 3.62. The van der Waals surface area contributed by atoms with Crippen molar-refractivity contribution in [3.8, 4) is 0 Å². The Morgan fingerprint density at radius 1 is 0.897 bits per heavy atom. The minimum Gasteiger partial charge on any atom is -0.298 e. The van der Waals surface area contributed by atoms with Crippen LogP contribution in [0.25, 0.3) is 10.2 Å². The molecule has 1 aromatic heterocycles. The van der Waals surface area contributed by atoms with Gasteiger partial charge in [-0.25, -0.2) is 4.98 Å². The number of nitro benzene ring substituents is 1. The molecular weight excluding hydrogens is 390 g/mol. The first-order chi connectivity index (χ1) is 14.0. The molecule has 0 fully saturated rings. The number of ketones is 1. The van der Waals surface area contributed by atoms with Gasteiger partial charge in [0.05, 0.1) is 15.1 Å². The average Bonchev–Trinajstić information content (AvgIpc) is 3.15. The molecule has 142 valence electrons. The molecule has 0 aliphatic heterocycles. The van der Waals surface area contributed by atoms with Crippen molar-refractivity contribution in [1.29, 1.82) is 0 Å². The zero-order valence-corrected chi connectivity index (χ0v) is 15.7. The van der Waals surface area contributed by atoms with Crippen molar-refractivity contribution in [3.05, 3.63) is 99.6 Å². The third-order valence-corrected chi connectivity index (χ3v) is 5.20. The number of thiazole rings is 1. The highest BCUT2D eigenvalue weighted by Gasteiger charge is 2.14. The first-order valence-electron chi connectivity index (χ1n) is 8.57. The maximum absolute atomic E-state index is 12.5. The average molecular weight is 403 g/mol. The van der Waals surface area contributed by atoms with Gasteiger partial charge in [-0.3, -0.25) is 25.0 Å². The Bertz CT molecular complexity index is 1230. The van der Waals surface area contributed by atoms with Crippen LogP contribution < -0.4 is 5.32 Å². The number of nitrogens with one attached hydrogen (secondary N) is 1. The molecule has 8 heteroatoms. The molecule has 0 saturated heterocycles. The highest BCUT2D eigenvalue weighted by Crippen LogP contribution is 2.29. The fraction of sp³-hybridized carbons (Fsp3) is 0. The second-order valence-electron chi connectivity index (χ2n) is 6.15. The van der Waals surface area contributed by atoms with Crippen molar-refractivity contribution in [2.24, 2.45) is 0 Å². The Balaban J connectivity index is 1.50. The van der Waals surface area contributed by atoms with Crippen LogP contribution >= 0.6 is 11.3 Å². The standard InChI is InChI=1S/C21H13N3O4S/c25-19(13-4-2-1-3-5-13)14-6-8-15(9-7-14)20(26)23-21-22-17-12-16(24(27)28)10-11-18(17)29-21/h1-12H,(H,22,23,26). The van der Waals surface area contributed by atoms with E-state index in [4.69, 9.17) is 0 Å². The van der Waals surface area contributed by atoms with Gasteiger partial charge >= 0.3 is 0 Å². The smallest absolute Gasteiger partial charge is 0.271 e. The number of rotatable bonds is 5. The van der Waals surface area contributed by atoms with Crippen LogP contribution in [0.4, 0.5) is 10.8 Å². The molecule has 1 heterocycles. The van der Waals surface area contributed by atoms with Gasteiger partial charge in [0.2, 0.25) is 0 Å². The topological polar surface area (TPSA) is 102 Å². The van der Waals surface area contributed by atoms with Gasteiger partial charge in [-0.1, -0.05) is 53.8 Å². The SMILES string of the molecule is O=C(Nc1nc2cc([N+](=O)[O-])ccc2s1)c1ccc(C(=O)c2ccccc2)cc1. The maximum Gasteiger partial charge on any atom is 0.271 e. The molecule has 0 saturated carbocycles. The summed E-state index contributed by atoms with van der Waals surface area (Å²) in [5, 5.41) is 13.9. The van der Waals surface area contributed by atoms with E-state index in [0.29, 0.717) is 27.3 Å². The number of fused-ring (bicyclic) bond motifs is 1. The summed E-state index contributed by atoms with van der Waals surface area (Å²) in [6.07, 6.45) is 0. The summed E-state index contributed by atoms with van der Waals surface area (Å²) in [6.45, 7) is 0. The first-order valence-corrected chi connectivity index (χ1v) is 9.39. The van der Waals surface area contributed by atoms with Crippen LogP contribution in [0.15, 0.2) is 72.8 Å². The monoisotopic (exact) mass is 403 g/mol. The molecule has 0 atom stereocenters. The highest BCUT2D eigenvalue weighted by atomic mass is 32.1. The van der Waals surface area contributed by atoms with E-state index in [1.54, 1.807) is 54.6 Å². The summed E-state index contributed by atoms with van der Waals surface area (Å²) < 4.78 is 0.731. The normalized spacial score (nSPS) is 10.6. The van der Waals surface area contributed by atoms with Gasteiger partial charge in [-0.05, 0) is 18.2 Å². The van der Waals surface area contributed by atoms with Gasteiger partial charge in [0.15, 0.2) is 10.9 Å². The van der Waals surface area contributed by atoms with Crippen molar-refractivity contribution in [2.75, 3.05) is 5.32 Å². The molecule has 29 heavy (non-hydrogen) atoms. The molecule has 4 aromatic rings.